The second kappa shape index (κ2) is 1.84. The minimum atomic E-state index is 0.485. The summed E-state index contributed by atoms with van der Waals surface area (Å²) in [6, 6.07) is 0.509. The number of rotatable bonds is 2. The highest BCUT2D eigenvalue weighted by Gasteiger charge is 2.37. The van der Waals surface area contributed by atoms with E-state index in [1.807, 2.05) is 4.68 Å². The van der Waals surface area contributed by atoms with Crippen LogP contribution in [0.2, 0.25) is 0 Å². The molecule has 10 heavy (non-hydrogen) atoms. The lowest BCUT2D eigenvalue weighted by Crippen LogP contribution is -2.07. The van der Waals surface area contributed by atoms with Crippen molar-refractivity contribution in [2.75, 3.05) is 0 Å². The normalized spacial score (nSPS) is 22.3. The molecule has 0 atom stereocenters. The van der Waals surface area contributed by atoms with Crippen molar-refractivity contribution in [1.82, 2.24) is 9.78 Å². The molecule has 0 spiro atoms. The predicted octanol–water partition coefficient (Wildman–Crippen LogP) is 1.68. The summed E-state index contributed by atoms with van der Waals surface area (Å²) in [5.74, 6) is 0. The highest BCUT2D eigenvalue weighted by Crippen LogP contribution is 2.46. The summed E-state index contributed by atoms with van der Waals surface area (Å²) in [4.78, 5) is 0. The van der Waals surface area contributed by atoms with Gasteiger partial charge in [-0.3, -0.25) is 4.68 Å². The Hall–Kier alpha value is -0.790. The van der Waals surface area contributed by atoms with Gasteiger partial charge in [-0.25, -0.2) is 0 Å². The molecule has 1 aliphatic rings. The van der Waals surface area contributed by atoms with Gasteiger partial charge in [-0.15, -0.1) is 0 Å². The lowest BCUT2D eigenvalue weighted by atomic mass is 10.1. The zero-order chi connectivity index (χ0) is 7.90. The fraction of sp³-hybridized carbons (Fsp3) is 0.625. The van der Waals surface area contributed by atoms with E-state index in [2.05, 4.69) is 12.0 Å². The van der Waals surface area contributed by atoms with E-state index in [1.54, 1.807) is 12.4 Å². The second-order valence-corrected chi connectivity index (χ2v) is 3.45. The molecule has 2 nitrogen and oxygen atoms in total. The van der Waals surface area contributed by atoms with Crippen LogP contribution in [0.5, 0.6) is 0 Å². The summed E-state index contributed by atoms with van der Waals surface area (Å²) in [5, 5.41) is 4.07. The Balaban J connectivity index is 2.06. The van der Waals surface area contributed by atoms with Gasteiger partial charge in [0.1, 0.15) is 0 Å². The number of nitrogens with zero attached hydrogens (tertiary/aromatic N) is 2. The molecule has 2 rings (SSSR count). The average molecular weight is 137 g/mol. The molecule has 2 heteroatoms. The van der Waals surface area contributed by atoms with Gasteiger partial charge in [0.05, 0.1) is 1.37 Å². The van der Waals surface area contributed by atoms with Crippen molar-refractivity contribution in [2.24, 2.45) is 5.41 Å². The zero-order valence-corrected chi connectivity index (χ0v) is 6.17. The summed E-state index contributed by atoms with van der Waals surface area (Å²) in [6.45, 7) is 3.24. The lowest BCUT2D eigenvalue weighted by molar-refractivity contribution is 0.432. The quantitative estimate of drug-likeness (QED) is 0.606. The molecule has 1 heterocycles. The third-order valence-electron chi connectivity index (χ3n) is 2.15. The summed E-state index contributed by atoms with van der Waals surface area (Å²) >= 11 is 0. The van der Waals surface area contributed by atoms with Gasteiger partial charge in [-0.05, 0) is 24.3 Å². The Morgan fingerprint density at radius 3 is 3.10 bits per heavy atom. The molecule has 0 amide bonds. The standard InChI is InChI=1S/C8H12N2/c1-8(3-4-8)7-10-6-2-5-9-10/h2,5-6H,3-4,7H2,1H3/i2D. The van der Waals surface area contributed by atoms with Gasteiger partial charge in [-0.2, -0.15) is 5.10 Å². The molecule has 0 N–H and O–H groups in total. The molecule has 1 aromatic rings. The van der Waals surface area contributed by atoms with Gasteiger partial charge < -0.3 is 0 Å². The van der Waals surface area contributed by atoms with Crippen molar-refractivity contribution in [3.63, 3.8) is 0 Å². The first-order chi connectivity index (χ1) is 5.18. The average Bonchev–Trinajstić information content (AvgIpc) is 2.49. The van der Waals surface area contributed by atoms with Crippen LogP contribution in [-0.4, -0.2) is 9.78 Å². The molecule has 1 aliphatic carbocycles. The van der Waals surface area contributed by atoms with Gasteiger partial charge in [0, 0.05) is 18.9 Å². The van der Waals surface area contributed by atoms with Crippen molar-refractivity contribution < 1.29 is 1.37 Å². The van der Waals surface area contributed by atoms with Crippen LogP contribution in [0, 0.1) is 5.41 Å². The summed E-state index contributed by atoms with van der Waals surface area (Å²) in [6.07, 6.45) is 5.98. The molecule has 1 aromatic heterocycles. The van der Waals surface area contributed by atoms with Gasteiger partial charge in [0.25, 0.3) is 0 Å². The van der Waals surface area contributed by atoms with Crippen LogP contribution in [0.25, 0.3) is 0 Å². The van der Waals surface area contributed by atoms with Gasteiger partial charge in [-0.1, -0.05) is 6.92 Å². The second-order valence-electron chi connectivity index (χ2n) is 3.45. The molecule has 0 bridgehead atoms. The predicted molar refractivity (Wildman–Crippen MR) is 39.6 cm³/mol. The summed E-state index contributed by atoms with van der Waals surface area (Å²) < 4.78 is 9.13. The molecule has 0 aliphatic heterocycles. The van der Waals surface area contributed by atoms with E-state index < -0.39 is 0 Å². The maximum absolute atomic E-state index is 7.26. The third-order valence-corrected chi connectivity index (χ3v) is 2.15. The SMILES string of the molecule is [2H]c1cnn(CC2(C)CC2)c1. The topological polar surface area (TPSA) is 17.8 Å². The van der Waals surface area contributed by atoms with Crippen LogP contribution in [0.3, 0.4) is 0 Å². The van der Waals surface area contributed by atoms with Crippen LogP contribution < -0.4 is 0 Å². The van der Waals surface area contributed by atoms with E-state index in [1.165, 1.54) is 12.8 Å². The third kappa shape index (κ3) is 1.06. The van der Waals surface area contributed by atoms with Gasteiger partial charge in [0.2, 0.25) is 0 Å². The number of aromatic nitrogens is 2. The van der Waals surface area contributed by atoms with E-state index in [0.29, 0.717) is 11.5 Å². The highest BCUT2D eigenvalue weighted by molar-refractivity contribution is 4.90. The Morgan fingerprint density at radius 1 is 1.80 bits per heavy atom. The molecule has 0 unspecified atom stereocenters. The van der Waals surface area contributed by atoms with Crippen molar-refractivity contribution in [3.8, 4) is 0 Å². The molecule has 0 radical (unpaired) electrons. The van der Waals surface area contributed by atoms with Crippen molar-refractivity contribution in [2.45, 2.75) is 26.3 Å². The highest BCUT2D eigenvalue weighted by atomic mass is 15.3. The summed E-state index contributed by atoms with van der Waals surface area (Å²) in [7, 11) is 0. The van der Waals surface area contributed by atoms with E-state index in [4.69, 9.17) is 1.37 Å². The van der Waals surface area contributed by atoms with Crippen LogP contribution in [0.15, 0.2) is 18.4 Å². The molecule has 1 fully saturated rings. The summed E-state index contributed by atoms with van der Waals surface area (Å²) in [5.41, 5.74) is 0.485. The monoisotopic (exact) mass is 137 g/mol. The van der Waals surface area contributed by atoms with Gasteiger partial charge >= 0.3 is 0 Å². The Bertz CT molecular complexity index is 263. The first-order valence-corrected chi connectivity index (χ1v) is 3.67. The van der Waals surface area contributed by atoms with Crippen molar-refractivity contribution in [3.05, 3.63) is 18.4 Å². The maximum atomic E-state index is 7.26. The Morgan fingerprint density at radius 2 is 2.60 bits per heavy atom. The van der Waals surface area contributed by atoms with Crippen LogP contribution in [0.4, 0.5) is 0 Å². The molecule has 0 saturated heterocycles. The minimum Gasteiger partial charge on any atom is -0.272 e. The van der Waals surface area contributed by atoms with Crippen LogP contribution >= 0.6 is 0 Å². The lowest BCUT2D eigenvalue weighted by Gasteiger charge is -2.06. The van der Waals surface area contributed by atoms with Crippen LogP contribution in [0.1, 0.15) is 21.1 Å². The minimum absolute atomic E-state index is 0.485. The molecule has 54 valence electrons. The zero-order valence-electron chi connectivity index (χ0n) is 7.17. The Kier molecular flexibility index (Phi) is 0.911. The molecule has 0 aromatic carbocycles. The van der Waals surface area contributed by atoms with Crippen molar-refractivity contribution in [1.29, 1.82) is 0 Å². The largest absolute Gasteiger partial charge is 0.272 e. The van der Waals surface area contributed by atoms with Gasteiger partial charge in [0.15, 0.2) is 0 Å². The fourth-order valence-corrected chi connectivity index (χ4v) is 1.11. The van der Waals surface area contributed by atoms with E-state index in [-0.39, 0.29) is 0 Å². The maximum Gasteiger partial charge on any atom is 0.0656 e. The van der Waals surface area contributed by atoms with Crippen molar-refractivity contribution >= 4 is 0 Å². The number of hydrogen-bond acceptors (Lipinski definition) is 1. The first-order valence-electron chi connectivity index (χ1n) is 4.17. The fourth-order valence-electron chi connectivity index (χ4n) is 1.11. The molecule has 1 saturated carbocycles. The molecular formula is C8H12N2. The molecular weight excluding hydrogens is 124 g/mol. The van der Waals surface area contributed by atoms with Crippen LogP contribution in [-0.2, 0) is 6.54 Å². The van der Waals surface area contributed by atoms with E-state index in [9.17, 15) is 0 Å². The Labute approximate surface area is 62.3 Å². The smallest absolute Gasteiger partial charge is 0.0656 e. The van der Waals surface area contributed by atoms with E-state index >= 15 is 0 Å². The first kappa shape index (κ1) is 4.94. The van der Waals surface area contributed by atoms with E-state index in [0.717, 1.165) is 6.54 Å². The number of hydrogen-bond donors (Lipinski definition) is 0.